The fourth-order valence-electron chi connectivity index (χ4n) is 2.09. The number of fused-ring (bicyclic) bond motifs is 1. The summed E-state index contributed by atoms with van der Waals surface area (Å²) in [6.45, 7) is 9.31. The van der Waals surface area contributed by atoms with E-state index in [-0.39, 0.29) is 5.28 Å². The van der Waals surface area contributed by atoms with Gasteiger partial charge in [-0.05, 0) is 11.6 Å². The number of anilines is 1. The Hall–Kier alpha value is -1.44. The van der Waals surface area contributed by atoms with Gasteiger partial charge in [-0.25, -0.2) is 4.98 Å². The molecular formula is C13H21ClN6O. The van der Waals surface area contributed by atoms with Crippen LogP contribution in [0.5, 0.6) is 0 Å². The van der Waals surface area contributed by atoms with E-state index in [0.717, 1.165) is 44.9 Å². The van der Waals surface area contributed by atoms with Crippen molar-refractivity contribution in [1.82, 2.24) is 24.8 Å². The molecule has 0 spiro atoms. The van der Waals surface area contributed by atoms with Crippen LogP contribution in [0.1, 0.15) is 13.8 Å². The number of nitrogens with one attached hydrogen (secondary N) is 2. The van der Waals surface area contributed by atoms with Gasteiger partial charge in [0.1, 0.15) is 5.52 Å². The number of hydrogen-bond acceptors (Lipinski definition) is 6. The highest BCUT2D eigenvalue weighted by Crippen LogP contribution is 2.18. The standard InChI is InChI=1S/C11H15ClN6O.C2H6/c12-11-16-9(8-10(17-11)15-7-14-8)13-1-2-18-3-5-19-6-4-18;1-2/h7H,1-6H2,(H2,13,14,15,16,17);1-2H3. The van der Waals surface area contributed by atoms with Gasteiger partial charge in [-0.2, -0.15) is 9.97 Å². The van der Waals surface area contributed by atoms with E-state index in [1.807, 2.05) is 13.8 Å². The maximum Gasteiger partial charge on any atom is 0.226 e. The minimum absolute atomic E-state index is 0.202. The molecule has 0 amide bonds. The van der Waals surface area contributed by atoms with Crippen LogP contribution in [0.25, 0.3) is 11.2 Å². The van der Waals surface area contributed by atoms with Crippen LogP contribution in [0.4, 0.5) is 5.82 Å². The van der Waals surface area contributed by atoms with Crippen molar-refractivity contribution < 1.29 is 4.74 Å². The molecule has 0 atom stereocenters. The monoisotopic (exact) mass is 312 g/mol. The molecule has 0 unspecified atom stereocenters. The summed E-state index contributed by atoms with van der Waals surface area (Å²) >= 11 is 5.87. The molecule has 0 radical (unpaired) electrons. The smallest absolute Gasteiger partial charge is 0.226 e. The van der Waals surface area contributed by atoms with Crippen molar-refractivity contribution in [1.29, 1.82) is 0 Å². The molecule has 2 aromatic heterocycles. The van der Waals surface area contributed by atoms with Gasteiger partial charge in [-0.3, -0.25) is 4.90 Å². The Morgan fingerprint density at radius 2 is 2.10 bits per heavy atom. The van der Waals surface area contributed by atoms with Crippen molar-refractivity contribution >= 4 is 28.6 Å². The summed E-state index contributed by atoms with van der Waals surface area (Å²) < 4.78 is 5.31. The maximum atomic E-state index is 5.87. The lowest BCUT2D eigenvalue weighted by atomic mass is 10.4. The topological polar surface area (TPSA) is 79.0 Å². The molecule has 1 saturated heterocycles. The lowest BCUT2D eigenvalue weighted by molar-refractivity contribution is 0.0398. The summed E-state index contributed by atoms with van der Waals surface area (Å²) in [7, 11) is 0. The Kier molecular flexibility index (Phi) is 6.16. The van der Waals surface area contributed by atoms with Crippen LogP contribution in [0, 0.1) is 0 Å². The first-order valence-corrected chi connectivity index (χ1v) is 7.61. The van der Waals surface area contributed by atoms with Crippen molar-refractivity contribution in [2.24, 2.45) is 0 Å². The van der Waals surface area contributed by atoms with Crippen LogP contribution in [0.3, 0.4) is 0 Å². The van der Waals surface area contributed by atoms with E-state index in [2.05, 4.69) is 30.2 Å². The summed E-state index contributed by atoms with van der Waals surface area (Å²) in [5, 5.41) is 3.47. The van der Waals surface area contributed by atoms with E-state index in [1.165, 1.54) is 0 Å². The first-order valence-electron chi connectivity index (χ1n) is 7.23. The highest BCUT2D eigenvalue weighted by molar-refractivity contribution is 6.28. The van der Waals surface area contributed by atoms with Crippen LogP contribution >= 0.6 is 11.6 Å². The Morgan fingerprint density at radius 3 is 2.86 bits per heavy atom. The second-order valence-corrected chi connectivity index (χ2v) is 4.66. The average molecular weight is 313 g/mol. The van der Waals surface area contributed by atoms with Gasteiger partial charge in [0.25, 0.3) is 0 Å². The number of aromatic amines is 1. The van der Waals surface area contributed by atoms with E-state index in [9.17, 15) is 0 Å². The number of nitrogens with zero attached hydrogens (tertiary/aromatic N) is 4. The van der Waals surface area contributed by atoms with Gasteiger partial charge < -0.3 is 15.0 Å². The molecule has 1 aliphatic heterocycles. The Morgan fingerprint density at radius 1 is 1.33 bits per heavy atom. The third-order valence-electron chi connectivity index (χ3n) is 3.08. The number of halogens is 1. The van der Waals surface area contributed by atoms with Gasteiger partial charge in [0.15, 0.2) is 11.5 Å². The van der Waals surface area contributed by atoms with Crippen LogP contribution in [0.2, 0.25) is 5.28 Å². The van der Waals surface area contributed by atoms with Crippen LogP contribution in [0.15, 0.2) is 6.33 Å². The van der Waals surface area contributed by atoms with Crippen molar-refractivity contribution in [3.63, 3.8) is 0 Å². The fourth-order valence-corrected chi connectivity index (χ4v) is 2.26. The lowest BCUT2D eigenvalue weighted by Gasteiger charge is -2.26. The first kappa shape index (κ1) is 15.9. The van der Waals surface area contributed by atoms with E-state index < -0.39 is 0 Å². The normalized spacial score (nSPS) is 15.6. The molecule has 8 heteroatoms. The van der Waals surface area contributed by atoms with Gasteiger partial charge in [-0.15, -0.1) is 0 Å². The molecule has 0 aliphatic carbocycles. The molecule has 1 fully saturated rings. The van der Waals surface area contributed by atoms with Gasteiger partial charge >= 0.3 is 0 Å². The van der Waals surface area contributed by atoms with Crippen molar-refractivity contribution in [3.05, 3.63) is 11.6 Å². The van der Waals surface area contributed by atoms with Crippen molar-refractivity contribution in [2.45, 2.75) is 13.8 Å². The molecule has 116 valence electrons. The number of hydrogen-bond donors (Lipinski definition) is 2. The Bertz CT molecular complexity index is 555. The van der Waals surface area contributed by atoms with E-state index in [4.69, 9.17) is 16.3 Å². The van der Waals surface area contributed by atoms with E-state index in [1.54, 1.807) is 6.33 Å². The number of ether oxygens (including phenoxy) is 1. The summed E-state index contributed by atoms with van der Waals surface area (Å²) in [6.07, 6.45) is 1.59. The zero-order chi connectivity index (χ0) is 15.1. The summed E-state index contributed by atoms with van der Waals surface area (Å²) in [4.78, 5) is 17.7. The minimum Gasteiger partial charge on any atom is -0.379 e. The number of morpholine rings is 1. The lowest BCUT2D eigenvalue weighted by Crippen LogP contribution is -2.39. The van der Waals surface area contributed by atoms with E-state index >= 15 is 0 Å². The Labute approximate surface area is 129 Å². The number of H-pyrrole nitrogens is 1. The molecule has 0 aromatic carbocycles. The zero-order valence-electron chi connectivity index (χ0n) is 12.4. The quantitative estimate of drug-likeness (QED) is 0.838. The van der Waals surface area contributed by atoms with Gasteiger partial charge in [-0.1, -0.05) is 13.8 Å². The third kappa shape index (κ3) is 4.26. The predicted molar refractivity (Wildman–Crippen MR) is 83.8 cm³/mol. The van der Waals surface area contributed by atoms with Crippen LogP contribution in [-0.4, -0.2) is 64.2 Å². The molecular weight excluding hydrogens is 292 g/mol. The molecule has 1 aliphatic rings. The minimum atomic E-state index is 0.202. The summed E-state index contributed by atoms with van der Waals surface area (Å²) in [5.74, 6) is 0.695. The molecule has 2 aromatic rings. The molecule has 0 bridgehead atoms. The number of aromatic nitrogens is 4. The molecule has 3 rings (SSSR count). The maximum absolute atomic E-state index is 5.87. The SMILES string of the molecule is CC.Clc1nc(NCCN2CCOCC2)c2[nH]cnc2n1. The predicted octanol–water partition coefficient (Wildman–Crippen LogP) is 1.78. The second kappa shape index (κ2) is 8.11. The second-order valence-electron chi connectivity index (χ2n) is 4.32. The largest absolute Gasteiger partial charge is 0.379 e. The molecule has 2 N–H and O–H groups in total. The Balaban J connectivity index is 0.000000774. The van der Waals surface area contributed by atoms with E-state index in [0.29, 0.717) is 11.5 Å². The van der Waals surface area contributed by atoms with Crippen LogP contribution < -0.4 is 5.32 Å². The van der Waals surface area contributed by atoms with Crippen LogP contribution in [-0.2, 0) is 4.74 Å². The van der Waals surface area contributed by atoms with Gasteiger partial charge in [0, 0.05) is 26.2 Å². The number of rotatable bonds is 4. The van der Waals surface area contributed by atoms with Gasteiger partial charge in [0.2, 0.25) is 5.28 Å². The zero-order valence-corrected chi connectivity index (χ0v) is 13.2. The molecule has 7 nitrogen and oxygen atoms in total. The van der Waals surface area contributed by atoms with Crippen molar-refractivity contribution in [2.75, 3.05) is 44.7 Å². The summed E-state index contributed by atoms with van der Waals surface area (Å²) in [6, 6.07) is 0. The summed E-state index contributed by atoms with van der Waals surface area (Å²) in [5.41, 5.74) is 1.36. The molecule has 0 saturated carbocycles. The highest BCUT2D eigenvalue weighted by atomic mass is 35.5. The van der Waals surface area contributed by atoms with Crippen molar-refractivity contribution in [3.8, 4) is 0 Å². The first-order chi connectivity index (χ1) is 10.3. The molecule has 3 heterocycles. The van der Waals surface area contributed by atoms with Gasteiger partial charge in [0.05, 0.1) is 19.5 Å². The molecule has 21 heavy (non-hydrogen) atoms. The number of imidazole rings is 1. The fraction of sp³-hybridized carbons (Fsp3) is 0.615. The third-order valence-corrected chi connectivity index (χ3v) is 3.25. The highest BCUT2D eigenvalue weighted by Gasteiger charge is 2.11. The average Bonchev–Trinajstić information content (AvgIpc) is 2.98.